The summed E-state index contributed by atoms with van der Waals surface area (Å²) in [4.78, 5) is 17.0. The summed E-state index contributed by atoms with van der Waals surface area (Å²) in [6.07, 6.45) is 6.46. The summed E-state index contributed by atoms with van der Waals surface area (Å²) >= 11 is 0. The van der Waals surface area contributed by atoms with Crippen molar-refractivity contribution in [2.75, 3.05) is 27.2 Å². The number of nitrogens with one attached hydrogen (secondary N) is 1. The van der Waals surface area contributed by atoms with E-state index in [0.29, 0.717) is 17.8 Å². The molecular formula is C25H37N5O. The first-order chi connectivity index (χ1) is 15.0. The highest BCUT2D eigenvalue weighted by Crippen LogP contribution is 2.27. The minimum absolute atomic E-state index is 0.0287. The molecule has 2 aliphatic rings. The second-order valence-corrected chi connectivity index (χ2v) is 9.34. The molecule has 1 aromatic heterocycles. The smallest absolute Gasteiger partial charge is 0.274 e. The second-order valence-electron chi connectivity index (χ2n) is 9.34. The van der Waals surface area contributed by atoms with E-state index in [9.17, 15) is 4.79 Å². The number of carbonyl (C=O) groups excluding carboxylic acids is 1. The number of nitrogens with zero attached hydrogens (tertiary/aromatic N) is 4. The molecule has 1 saturated heterocycles. The SMILES string of the molecule is CCCn1nc(C(=O)N(C)C)c2c1CC[C@H](NC1CCN(Cc3ccccc3)CC1)C2. The standard InChI is InChI=1S/C25H37N5O/c1-4-14-30-23-11-10-21(17-22(23)24(27-30)25(31)28(2)3)26-20-12-15-29(16-13-20)18-19-8-6-5-7-9-19/h5-9,20-21,26H,4,10-18H2,1-3H3/t21-/m0/s1. The number of benzene rings is 1. The minimum atomic E-state index is 0.0287. The van der Waals surface area contributed by atoms with Gasteiger partial charge in [0.1, 0.15) is 0 Å². The fourth-order valence-electron chi connectivity index (χ4n) is 5.04. The summed E-state index contributed by atoms with van der Waals surface area (Å²) in [5.41, 5.74) is 4.52. The summed E-state index contributed by atoms with van der Waals surface area (Å²) in [6.45, 7) is 6.39. The molecule has 0 spiro atoms. The highest BCUT2D eigenvalue weighted by atomic mass is 16.2. The van der Waals surface area contributed by atoms with Crippen LogP contribution in [0.4, 0.5) is 0 Å². The van der Waals surface area contributed by atoms with Crippen molar-refractivity contribution in [1.29, 1.82) is 0 Å². The van der Waals surface area contributed by atoms with Crippen molar-refractivity contribution in [3.63, 3.8) is 0 Å². The number of likely N-dealkylation sites (tertiary alicyclic amines) is 1. The Morgan fingerprint density at radius 3 is 2.55 bits per heavy atom. The molecule has 168 valence electrons. The quantitative estimate of drug-likeness (QED) is 0.744. The van der Waals surface area contributed by atoms with E-state index in [1.54, 1.807) is 4.90 Å². The van der Waals surface area contributed by atoms with Crippen LogP contribution < -0.4 is 5.32 Å². The van der Waals surface area contributed by atoms with Gasteiger partial charge in [0.05, 0.1) is 0 Å². The lowest BCUT2D eigenvalue weighted by atomic mass is 9.89. The first-order valence-corrected chi connectivity index (χ1v) is 11.9. The van der Waals surface area contributed by atoms with E-state index in [1.165, 1.54) is 29.7 Å². The third kappa shape index (κ3) is 5.18. The predicted molar refractivity (Wildman–Crippen MR) is 124 cm³/mol. The van der Waals surface area contributed by atoms with Crippen LogP contribution in [0.5, 0.6) is 0 Å². The molecule has 1 N–H and O–H groups in total. The van der Waals surface area contributed by atoms with Gasteiger partial charge in [-0.2, -0.15) is 5.10 Å². The first-order valence-electron chi connectivity index (χ1n) is 11.9. The normalized spacial score (nSPS) is 19.9. The molecule has 0 radical (unpaired) electrons. The molecule has 1 atom stereocenters. The highest BCUT2D eigenvalue weighted by molar-refractivity contribution is 5.93. The van der Waals surface area contributed by atoms with Crippen LogP contribution in [-0.2, 0) is 25.9 Å². The average molecular weight is 424 g/mol. The van der Waals surface area contributed by atoms with Crippen LogP contribution in [0.3, 0.4) is 0 Å². The summed E-state index contributed by atoms with van der Waals surface area (Å²) in [6, 6.07) is 11.8. The van der Waals surface area contributed by atoms with Crippen molar-refractivity contribution in [2.24, 2.45) is 0 Å². The highest BCUT2D eigenvalue weighted by Gasteiger charge is 2.31. The van der Waals surface area contributed by atoms with E-state index in [4.69, 9.17) is 5.10 Å². The Kier molecular flexibility index (Phi) is 7.08. The zero-order valence-corrected chi connectivity index (χ0v) is 19.3. The molecule has 6 heteroatoms. The third-order valence-corrected chi connectivity index (χ3v) is 6.70. The van der Waals surface area contributed by atoms with E-state index in [0.717, 1.165) is 51.9 Å². The maximum Gasteiger partial charge on any atom is 0.274 e. The van der Waals surface area contributed by atoms with Crippen molar-refractivity contribution >= 4 is 5.91 Å². The average Bonchev–Trinajstić information content (AvgIpc) is 3.13. The molecule has 1 amide bonds. The van der Waals surface area contributed by atoms with Gasteiger partial charge in [0.2, 0.25) is 0 Å². The van der Waals surface area contributed by atoms with Crippen molar-refractivity contribution < 1.29 is 4.79 Å². The third-order valence-electron chi connectivity index (χ3n) is 6.70. The maximum absolute atomic E-state index is 12.7. The molecule has 0 unspecified atom stereocenters. The Morgan fingerprint density at radius 2 is 1.87 bits per heavy atom. The molecule has 4 rings (SSSR count). The Balaban J connectivity index is 1.35. The van der Waals surface area contributed by atoms with E-state index in [-0.39, 0.29) is 5.91 Å². The topological polar surface area (TPSA) is 53.4 Å². The molecule has 0 saturated carbocycles. The molecule has 6 nitrogen and oxygen atoms in total. The first kappa shape index (κ1) is 22.0. The van der Waals surface area contributed by atoms with Crippen LogP contribution in [0.25, 0.3) is 0 Å². The molecule has 2 heterocycles. The van der Waals surface area contributed by atoms with E-state index in [1.807, 2.05) is 14.1 Å². The van der Waals surface area contributed by atoms with Gasteiger partial charge in [-0.3, -0.25) is 14.4 Å². The largest absolute Gasteiger partial charge is 0.343 e. The number of aromatic nitrogens is 2. The Labute approximate surface area is 186 Å². The van der Waals surface area contributed by atoms with Gasteiger partial charge in [0.15, 0.2) is 5.69 Å². The molecular weight excluding hydrogens is 386 g/mol. The predicted octanol–water partition coefficient (Wildman–Crippen LogP) is 3.11. The summed E-state index contributed by atoms with van der Waals surface area (Å²) in [7, 11) is 3.63. The van der Waals surface area contributed by atoms with Crippen LogP contribution in [0.15, 0.2) is 30.3 Å². The van der Waals surface area contributed by atoms with Gasteiger partial charge in [-0.05, 0) is 57.2 Å². The molecule has 0 bridgehead atoms. The zero-order valence-electron chi connectivity index (χ0n) is 19.3. The van der Waals surface area contributed by atoms with E-state index >= 15 is 0 Å². The second kappa shape index (κ2) is 9.96. The van der Waals surface area contributed by atoms with Crippen LogP contribution in [0, 0.1) is 0 Å². The van der Waals surface area contributed by atoms with Gasteiger partial charge >= 0.3 is 0 Å². The summed E-state index contributed by atoms with van der Waals surface area (Å²) in [5.74, 6) is 0.0287. The number of amides is 1. The summed E-state index contributed by atoms with van der Waals surface area (Å²) in [5, 5.41) is 8.66. The van der Waals surface area contributed by atoms with Crippen LogP contribution in [-0.4, -0.2) is 64.8 Å². The zero-order chi connectivity index (χ0) is 21.8. The van der Waals surface area contributed by atoms with Crippen molar-refractivity contribution in [1.82, 2.24) is 24.9 Å². The van der Waals surface area contributed by atoms with Crippen molar-refractivity contribution in [3.8, 4) is 0 Å². The lowest BCUT2D eigenvalue weighted by Gasteiger charge is -2.35. The fourth-order valence-corrected chi connectivity index (χ4v) is 5.04. The number of aryl methyl sites for hydroxylation is 1. The van der Waals surface area contributed by atoms with Gasteiger partial charge in [-0.1, -0.05) is 37.3 Å². The van der Waals surface area contributed by atoms with Gasteiger partial charge in [-0.15, -0.1) is 0 Å². The molecule has 31 heavy (non-hydrogen) atoms. The molecule has 2 aromatic rings. The Bertz CT molecular complexity index is 868. The molecule has 1 fully saturated rings. The number of hydrogen-bond donors (Lipinski definition) is 1. The molecule has 1 aliphatic heterocycles. The van der Waals surface area contributed by atoms with Crippen LogP contribution in [0.2, 0.25) is 0 Å². The number of hydrogen-bond acceptors (Lipinski definition) is 4. The number of rotatable bonds is 7. The van der Waals surface area contributed by atoms with Crippen molar-refractivity contribution in [2.45, 2.75) is 70.6 Å². The Morgan fingerprint density at radius 1 is 1.13 bits per heavy atom. The lowest BCUT2D eigenvalue weighted by Crippen LogP contribution is -2.47. The van der Waals surface area contributed by atoms with E-state index in [2.05, 4.69) is 52.2 Å². The number of piperidine rings is 1. The van der Waals surface area contributed by atoms with Gasteiger partial charge in [-0.25, -0.2) is 0 Å². The molecule has 1 aromatic carbocycles. The van der Waals surface area contributed by atoms with E-state index < -0.39 is 0 Å². The fraction of sp³-hybridized carbons (Fsp3) is 0.600. The van der Waals surface area contributed by atoms with Crippen LogP contribution in [0.1, 0.15) is 59.9 Å². The summed E-state index contributed by atoms with van der Waals surface area (Å²) < 4.78 is 2.09. The molecule has 1 aliphatic carbocycles. The van der Waals surface area contributed by atoms with Gasteiger partial charge < -0.3 is 10.2 Å². The number of carbonyl (C=O) groups is 1. The Hall–Kier alpha value is -2.18. The van der Waals surface area contributed by atoms with Crippen LogP contribution >= 0.6 is 0 Å². The maximum atomic E-state index is 12.7. The van der Waals surface area contributed by atoms with Gasteiger partial charge in [0, 0.05) is 50.5 Å². The monoisotopic (exact) mass is 423 g/mol. The van der Waals surface area contributed by atoms with Gasteiger partial charge in [0.25, 0.3) is 5.91 Å². The lowest BCUT2D eigenvalue weighted by molar-refractivity contribution is 0.0819. The van der Waals surface area contributed by atoms with Crippen molar-refractivity contribution in [3.05, 3.63) is 52.8 Å². The number of fused-ring (bicyclic) bond motifs is 1. The minimum Gasteiger partial charge on any atom is -0.343 e.